The van der Waals surface area contributed by atoms with E-state index in [4.69, 9.17) is 16.3 Å². The van der Waals surface area contributed by atoms with Gasteiger partial charge in [0.2, 0.25) is 0 Å². The number of carbonyl (C=O) groups excluding carboxylic acids is 2. The average Bonchev–Trinajstić information content (AvgIpc) is 2.50. The Hall–Kier alpha value is -2.40. The van der Waals surface area contributed by atoms with E-state index in [1.807, 2.05) is 0 Å². The lowest BCUT2D eigenvalue weighted by atomic mass is 10.1. The van der Waals surface area contributed by atoms with Crippen molar-refractivity contribution in [2.24, 2.45) is 0 Å². The van der Waals surface area contributed by atoms with Gasteiger partial charge < -0.3 is 10.1 Å². The van der Waals surface area contributed by atoms with Gasteiger partial charge in [0.15, 0.2) is 6.61 Å². The lowest BCUT2D eigenvalue weighted by molar-refractivity contribution is -0.146. The molecule has 0 aliphatic rings. The molecule has 1 N–H and O–H groups in total. The van der Waals surface area contributed by atoms with E-state index in [2.05, 4.69) is 5.32 Å². The molecule has 120 valence electrons. The Labute approximate surface area is 138 Å². The summed E-state index contributed by atoms with van der Waals surface area (Å²) in [7, 11) is 0. The molecule has 0 fully saturated rings. The first-order valence-electron chi connectivity index (χ1n) is 6.91. The van der Waals surface area contributed by atoms with Crippen molar-refractivity contribution in [2.45, 2.75) is 13.3 Å². The summed E-state index contributed by atoms with van der Waals surface area (Å²) in [4.78, 5) is 23.4. The molecule has 0 saturated heterocycles. The average molecular weight is 336 g/mol. The molecule has 0 aliphatic heterocycles. The van der Waals surface area contributed by atoms with Gasteiger partial charge in [-0.3, -0.25) is 9.59 Å². The molecule has 0 spiro atoms. The fraction of sp³-hybridized carbons (Fsp3) is 0.176. The summed E-state index contributed by atoms with van der Waals surface area (Å²) in [6.45, 7) is 1.25. The number of esters is 1. The number of hydrogen-bond acceptors (Lipinski definition) is 3. The quantitative estimate of drug-likeness (QED) is 0.851. The molecule has 1 amide bonds. The van der Waals surface area contributed by atoms with Crippen LogP contribution in [0.4, 0.5) is 10.1 Å². The summed E-state index contributed by atoms with van der Waals surface area (Å²) in [6.07, 6.45) is -0.0359. The van der Waals surface area contributed by atoms with Crippen molar-refractivity contribution >= 4 is 29.2 Å². The molecule has 6 heteroatoms. The summed E-state index contributed by atoms with van der Waals surface area (Å²) < 4.78 is 18.5. The highest BCUT2D eigenvalue weighted by molar-refractivity contribution is 6.31. The van der Waals surface area contributed by atoms with Crippen molar-refractivity contribution in [1.29, 1.82) is 0 Å². The Balaban J connectivity index is 1.84. The van der Waals surface area contributed by atoms with E-state index in [0.717, 1.165) is 5.56 Å². The van der Waals surface area contributed by atoms with Gasteiger partial charge in [-0.05, 0) is 36.2 Å². The lowest BCUT2D eigenvalue weighted by Crippen LogP contribution is -2.22. The second kappa shape index (κ2) is 7.74. The maximum Gasteiger partial charge on any atom is 0.310 e. The van der Waals surface area contributed by atoms with E-state index < -0.39 is 24.3 Å². The van der Waals surface area contributed by atoms with E-state index in [9.17, 15) is 14.0 Å². The Kier molecular flexibility index (Phi) is 5.71. The molecule has 2 aromatic carbocycles. The molecular formula is C17H15ClFNO3. The van der Waals surface area contributed by atoms with Crippen LogP contribution in [-0.2, 0) is 20.7 Å². The van der Waals surface area contributed by atoms with Crippen LogP contribution in [0.2, 0.25) is 5.02 Å². The number of carbonyl (C=O) groups is 2. The van der Waals surface area contributed by atoms with Gasteiger partial charge >= 0.3 is 5.97 Å². The summed E-state index contributed by atoms with van der Waals surface area (Å²) in [6, 6.07) is 11.3. The van der Waals surface area contributed by atoms with Crippen LogP contribution in [-0.4, -0.2) is 18.5 Å². The predicted molar refractivity (Wildman–Crippen MR) is 85.9 cm³/mol. The number of amides is 1. The van der Waals surface area contributed by atoms with E-state index in [1.165, 1.54) is 12.1 Å². The molecule has 0 radical (unpaired) electrons. The van der Waals surface area contributed by atoms with Gasteiger partial charge in [0.1, 0.15) is 5.82 Å². The summed E-state index contributed by atoms with van der Waals surface area (Å²) in [5.74, 6) is -1.74. The molecular weight excluding hydrogens is 321 g/mol. The number of benzene rings is 2. The second-order valence-corrected chi connectivity index (χ2v) is 5.37. The van der Waals surface area contributed by atoms with Gasteiger partial charge in [0, 0.05) is 5.02 Å². The van der Waals surface area contributed by atoms with Crippen LogP contribution in [0.3, 0.4) is 0 Å². The number of ether oxygens (including phenoxy) is 1. The minimum Gasteiger partial charge on any atom is -0.455 e. The lowest BCUT2D eigenvalue weighted by Gasteiger charge is -2.08. The first-order valence-corrected chi connectivity index (χ1v) is 7.28. The van der Waals surface area contributed by atoms with Gasteiger partial charge in [-0.2, -0.15) is 0 Å². The topological polar surface area (TPSA) is 55.4 Å². The molecule has 0 unspecified atom stereocenters. The molecule has 0 atom stereocenters. The highest BCUT2D eigenvalue weighted by Gasteiger charge is 2.12. The van der Waals surface area contributed by atoms with Crippen molar-refractivity contribution in [1.82, 2.24) is 0 Å². The molecule has 2 aromatic rings. The Morgan fingerprint density at radius 1 is 1.22 bits per heavy atom. The molecule has 0 aliphatic carbocycles. The molecule has 0 saturated carbocycles. The molecule has 0 bridgehead atoms. The fourth-order valence-corrected chi connectivity index (χ4v) is 2.10. The number of rotatable bonds is 5. The van der Waals surface area contributed by atoms with E-state index in [-0.39, 0.29) is 12.1 Å². The van der Waals surface area contributed by atoms with Gasteiger partial charge in [0.25, 0.3) is 5.91 Å². The normalized spacial score (nSPS) is 10.2. The van der Waals surface area contributed by atoms with Gasteiger partial charge in [0.05, 0.1) is 12.1 Å². The highest BCUT2D eigenvalue weighted by atomic mass is 35.5. The standard InChI is InChI=1S/C17H15ClFNO3/c1-11-6-7-15(14(19)8-11)20-16(21)10-23-17(22)9-12-4-2-3-5-13(12)18/h2-8H,9-10H2,1H3,(H,20,21). The summed E-state index contributed by atoms with van der Waals surface area (Å²) >= 11 is 5.94. The fourth-order valence-electron chi connectivity index (χ4n) is 1.90. The minimum absolute atomic E-state index is 0.0359. The summed E-state index contributed by atoms with van der Waals surface area (Å²) in [5, 5.41) is 2.81. The van der Waals surface area contributed by atoms with E-state index >= 15 is 0 Å². The summed E-state index contributed by atoms with van der Waals surface area (Å²) in [5.41, 5.74) is 1.40. The van der Waals surface area contributed by atoms with Gasteiger partial charge in [-0.1, -0.05) is 35.9 Å². The van der Waals surface area contributed by atoms with Crippen LogP contribution >= 0.6 is 11.6 Å². The van der Waals surface area contributed by atoms with Crippen molar-refractivity contribution < 1.29 is 18.7 Å². The number of aryl methyl sites for hydroxylation is 1. The van der Waals surface area contributed by atoms with Gasteiger partial charge in [-0.25, -0.2) is 4.39 Å². The van der Waals surface area contributed by atoms with Gasteiger partial charge in [-0.15, -0.1) is 0 Å². The van der Waals surface area contributed by atoms with E-state index in [1.54, 1.807) is 37.3 Å². The molecule has 0 heterocycles. The first-order chi connectivity index (χ1) is 11.0. The van der Waals surface area contributed by atoms with Crippen LogP contribution in [0.5, 0.6) is 0 Å². The van der Waals surface area contributed by atoms with Crippen LogP contribution in [0, 0.1) is 12.7 Å². The maximum atomic E-state index is 13.6. The monoisotopic (exact) mass is 335 g/mol. The Morgan fingerprint density at radius 3 is 2.65 bits per heavy atom. The third kappa shape index (κ3) is 5.07. The molecule has 23 heavy (non-hydrogen) atoms. The molecule has 4 nitrogen and oxygen atoms in total. The number of nitrogens with one attached hydrogen (secondary N) is 1. The SMILES string of the molecule is Cc1ccc(NC(=O)COC(=O)Cc2ccccc2Cl)c(F)c1. The van der Waals surface area contributed by atoms with Crippen LogP contribution in [0.15, 0.2) is 42.5 Å². The van der Waals surface area contributed by atoms with Crippen molar-refractivity contribution in [2.75, 3.05) is 11.9 Å². The Bertz CT molecular complexity index is 734. The zero-order valence-electron chi connectivity index (χ0n) is 12.4. The number of hydrogen-bond donors (Lipinski definition) is 1. The number of anilines is 1. The van der Waals surface area contributed by atoms with Crippen LogP contribution < -0.4 is 5.32 Å². The zero-order chi connectivity index (χ0) is 16.8. The third-order valence-electron chi connectivity index (χ3n) is 3.06. The second-order valence-electron chi connectivity index (χ2n) is 4.96. The first kappa shape index (κ1) is 17.0. The van der Waals surface area contributed by atoms with Crippen LogP contribution in [0.25, 0.3) is 0 Å². The van der Waals surface area contributed by atoms with Crippen molar-refractivity contribution in [3.63, 3.8) is 0 Å². The maximum absolute atomic E-state index is 13.6. The largest absolute Gasteiger partial charge is 0.455 e. The Morgan fingerprint density at radius 2 is 1.96 bits per heavy atom. The number of halogens is 2. The molecule has 2 rings (SSSR count). The zero-order valence-corrected chi connectivity index (χ0v) is 13.2. The van der Waals surface area contributed by atoms with Crippen molar-refractivity contribution in [3.05, 3.63) is 64.4 Å². The predicted octanol–water partition coefficient (Wildman–Crippen LogP) is 3.51. The third-order valence-corrected chi connectivity index (χ3v) is 3.42. The van der Waals surface area contributed by atoms with Crippen LogP contribution in [0.1, 0.15) is 11.1 Å². The smallest absolute Gasteiger partial charge is 0.310 e. The van der Waals surface area contributed by atoms with E-state index in [0.29, 0.717) is 10.6 Å². The molecule has 0 aromatic heterocycles. The van der Waals surface area contributed by atoms with Crippen molar-refractivity contribution in [3.8, 4) is 0 Å². The highest BCUT2D eigenvalue weighted by Crippen LogP contribution is 2.16. The minimum atomic E-state index is -0.611.